The summed E-state index contributed by atoms with van der Waals surface area (Å²) in [5.74, 6) is -0.574. The van der Waals surface area contributed by atoms with Crippen LogP contribution in [0.25, 0.3) is 17.8 Å². The molecule has 6 nitrogen and oxygen atoms in total. The van der Waals surface area contributed by atoms with Crippen LogP contribution in [0.3, 0.4) is 0 Å². The zero-order valence-electron chi connectivity index (χ0n) is 17.2. The minimum Gasteiger partial charge on any atom is -0.378 e. The van der Waals surface area contributed by atoms with Crippen molar-refractivity contribution in [3.8, 4) is 0 Å². The molecule has 1 aromatic carbocycles. The van der Waals surface area contributed by atoms with Crippen LogP contribution in [-0.4, -0.2) is 27.4 Å². The van der Waals surface area contributed by atoms with Gasteiger partial charge in [-0.05, 0) is 55.0 Å². The van der Waals surface area contributed by atoms with E-state index in [1.807, 2.05) is 47.9 Å². The van der Waals surface area contributed by atoms with Crippen molar-refractivity contribution in [1.29, 1.82) is 0 Å². The largest absolute Gasteiger partial charge is 0.378 e. The van der Waals surface area contributed by atoms with Crippen molar-refractivity contribution >= 4 is 29.4 Å². The molecular formula is C24H21FN4O2. The van der Waals surface area contributed by atoms with E-state index in [0.29, 0.717) is 23.6 Å². The number of pyridine rings is 2. The van der Waals surface area contributed by atoms with Gasteiger partial charge in [0.2, 0.25) is 0 Å². The number of aromatic nitrogens is 3. The van der Waals surface area contributed by atoms with Gasteiger partial charge in [-0.25, -0.2) is 9.37 Å². The van der Waals surface area contributed by atoms with Crippen LogP contribution >= 0.6 is 0 Å². The van der Waals surface area contributed by atoms with Gasteiger partial charge in [0.1, 0.15) is 11.5 Å². The Morgan fingerprint density at radius 3 is 2.65 bits per heavy atom. The summed E-state index contributed by atoms with van der Waals surface area (Å²) in [4.78, 5) is 21.2. The average molecular weight is 416 g/mol. The molecule has 0 aliphatic carbocycles. The van der Waals surface area contributed by atoms with Crippen molar-refractivity contribution in [1.82, 2.24) is 14.4 Å². The van der Waals surface area contributed by atoms with Gasteiger partial charge in [-0.2, -0.15) is 0 Å². The molecule has 7 heteroatoms. The van der Waals surface area contributed by atoms with Gasteiger partial charge in [-0.15, -0.1) is 0 Å². The molecule has 31 heavy (non-hydrogen) atoms. The number of carbonyl (C=O) groups excluding carboxylic acids is 1. The molecule has 0 saturated heterocycles. The lowest BCUT2D eigenvalue weighted by Gasteiger charge is -2.07. The summed E-state index contributed by atoms with van der Waals surface area (Å²) >= 11 is 0. The molecule has 0 aliphatic rings. The molecule has 0 saturated carbocycles. The number of hydrogen-bond acceptors (Lipinski definition) is 4. The lowest BCUT2D eigenvalue weighted by atomic mass is 10.1. The van der Waals surface area contributed by atoms with Gasteiger partial charge < -0.3 is 14.5 Å². The SMILES string of the molecule is COCc1nc2ccc(NC(=O)c3ccc(C=Cc4ccc(F)cn4)cc3)cn2c1C. The number of anilines is 1. The number of rotatable bonds is 6. The molecule has 1 amide bonds. The van der Waals surface area contributed by atoms with Gasteiger partial charge in [0, 0.05) is 24.6 Å². The third kappa shape index (κ3) is 4.67. The van der Waals surface area contributed by atoms with E-state index in [2.05, 4.69) is 15.3 Å². The quantitative estimate of drug-likeness (QED) is 0.493. The maximum absolute atomic E-state index is 12.9. The molecule has 0 atom stereocenters. The van der Waals surface area contributed by atoms with Crippen molar-refractivity contribution in [2.45, 2.75) is 13.5 Å². The van der Waals surface area contributed by atoms with Gasteiger partial charge in [-0.1, -0.05) is 18.2 Å². The second-order valence-corrected chi connectivity index (χ2v) is 7.03. The lowest BCUT2D eigenvalue weighted by molar-refractivity contribution is 0.102. The molecule has 1 N–H and O–H groups in total. The third-order valence-corrected chi connectivity index (χ3v) is 4.86. The zero-order valence-corrected chi connectivity index (χ0v) is 17.2. The number of nitrogens with one attached hydrogen (secondary N) is 1. The van der Waals surface area contributed by atoms with Crippen LogP contribution in [-0.2, 0) is 11.3 Å². The Bertz CT molecular complexity index is 1250. The number of fused-ring (bicyclic) bond motifs is 1. The molecule has 156 valence electrons. The first kappa shape index (κ1) is 20.4. The fourth-order valence-corrected chi connectivity index (χ4v) is 3.17. The number of nitrogens with zero attached hydrogens (tertiary/aromatic N) is 3. The number of benzene rings is 1. The Hall–Kier alpha value is -3.84. The molecule has 0 bridgehead atoms. The topological polar surface area (TPSA) is 68.5 Å². The maximum atomic E-state index is 12.9. The number of ether oxygens (including phenoxy) is 1. The minimum atomic E-state index is -0.370. The van der Waals surface area contributed by atoms with Crippen molar-refractivity contribution in [3.63, 3.8) is 0 Å². The van der Waals surface area contributed by atoms with Crippen molar-refractivity contribution in [3.05, 3.63) is 95.0 Å². The standard InChI is InChI=1S/C24H21FN4O2/c1-16-22(15-31-2)28-23-12-11-21(14-29(16)23)27-24(30)18-6-3-17(4-7-18)5-9-20-10-8-19(25)13-26-20/h3-14H,15H2,1-2H3,(H,27,30). The molecular weight excluding hydrogens is 395 g/mol. The number of hydrogen-bond donors (Lipinski definition) is 1. The number of halogens is 1. The predicted molar refractivity (Wildman–Crippen MR) is 118 cm³/mol. The van der Waals surface area contributed by atoms with E-state index in [1.165, 1.54) is 12.3 Å². The second kappa shape index (κ2) is 8.89. The van der Waals surface area contributed by atoms with Crippen molar-refractivity contribution in [2.75, 3.05) is 12.4 Å². The predicted octanol–water partition coefficient (Wildman–Crippen LogP) is 4.75. The number of aryl methyl sites for hydroxylation is 1. The summed E-state index contributed by atoms with van der Waals surface area (Å²) in [6, 6.07) is 13.8. The monoisotopic (exact) mass is 416 g/mol. The Labute approximate surface area is 179 Å². The van der Waals surface area contributed by atoms with Gasteiger partial charge in [0.05, 0.1) is 29.9 Å². The average Bonchev–Trinajstić information content (AvgIpc) is 3.09. The highest BCUT2D eigenvalue weighted by atomic mass is 19.1. The Balaban J connectivity index is 1.46. The summed E-state index contributed by atoms with van der Waals surface area (Å²) in [5, 5.41) is 2.92. The van der Waals surface area contributed by atoms with E-state index in [9.17, 15) is 9.18 Å². The zero-order chi connectivity index (χ0) is 21.8. The maximum Gasteiger partial charge on any atom is 0.255 e. The number of methoxy groups -OCH3 is 1. The first-order chi connectivity index (χ1) is 15.0. The van der Waals surface area contributed by atoms with Crippen molar-refractivity contribution in [2.24, 2.45) is 0 Å². The van der Waals surface area contributed by atoms with Gasteiger partial charge >= 0.3 is 0 Å². The summed E-state index contributed by atoms with van der Waals surface area (Å²) < 4.78 is 20.0. The molecule has 0 unspecified atom stereocenters. The normalized spacial score (nSPS) is 11.3. The van der Waals surface area contributed by atoms with Crippen LogP contribution in [0.5, 0.6) is 0 Å². The first-order valence-electron chi connectivity index (χ1n) is 9.71. The van der Waals surface area contributed by atoms with Gasteiger partial charge in [-0.3, -0.25) is 9.78 Å². The fraction of sp³-hybridized carbons (Fsp3) is 0.125. The number of carbonyl (C=O) groups is 1. The summed E-state index contributed by atoms with van der Waals surface area (Å²) in [7, 11) is 1.63. The third-order valence-electron chi connectivity index (χ3n) is 4.86. The summed E-state index contributed by atoms with van der Waals surface area (Å²) in [6.45, 7) is 2.40. The van der Waals surface area contributed by atoms with Crippen LogP contribution in [0.15, 0.2) is 60.9 Å². The summed E-state index contributed by atoms with van der Waals surface area (Å²) in [6.07, 6.45) is 6.67. The minimum absolute atomic E-state index is 0.204. The molecule has 3 heterocycles. The molecule has 0 aliphatic heterocycles. The van der Waals surface area contributed by atoms with Crippen LogP contribution in [0, 0.1) is 12.7 Å². The van der Waals surface area contributed by atoms with E-state index in [4.69, 9.17) is 4.74 Å². The smallest absolute Gasteiger partial charge is 0.255 e. The lowest BCUT2D eigenvalue weighted by Crippen LogP contribution is -2.12. The number of amides is 1. The second-order valence-electron chi connectivity index (χ2n) is 7.03. The molecule has 4 rings (SSSR count). The fourth-order valence-electron chi connectivity index (χ4n) is 3.17. The Kier molecular flexibility index (Phi) is 5.86. The number of imidazole rings is 1. The summed E-state index contributed by atoms with van der Waals surface area (Å²) in [5.41, 5.74) is 5.42. The van der Waals surface area contributed by atoms with Gasteiger partial charge in [0.15, 0.2) is 0 Å². The first-order valence-corrected chi connectivity index (χ1v) is 9.71. The van der Waals surface area contributed by atoms with E-state index in [1.54, 1.807) is 31.4 Å². The molecule has 4 aromatic rings. The van der Waals surface area contributed by atoms with E-state index in [-0.39, 0.29) is 11.7 Å². The Morgan fingerprint density at radius 2 is 1.94 bits per heavy atom. The van der Waals surface area contributed by atoms with E-state index in [0.717, 1.165) is 22.6 Å². The van der Waals surface area contributed by atoms with Crippen LogP contribution in [0.1, 0.15) is 33.0 Å². The van der Waals surface area contributed by atoms with Crippen LogP contribution in [0.2, 0.25) is 0 Å². The highest BCUT2D eigenvalue weighted by Crippen LogP contribution is 2.18. The van der Waals surface area contributed by atoms with Crippen LogP contribution in [0.4, 0.5) is 10.1 Å². The molecule has 0 fully saturated rings. The highest BCUT2D eigenvalue weighted by Gasteiger charge is 2.10. The van der Waals surface area contributed by atoms with Crippen LogP contribution < -0.4 is 5.32 Å². The van der Waals surface area contributed by atoms with E-state index < -0.39 is 0 Å². The van der Waals surface area contributed by atoms with Gasteiger partial charge in [0.25, 0.3) is 5.91 Å². The molecule has 0 spiro atoms. The van der Waals surface area contributed by atoms with E-state index >= 15 is 0 Å². The molecule has 3 aromatic heterocycles. The highest BCUT2D eigenvalue weighted by molar-refractivity contribution is 6.04. The van der Waals surface area contributed by atoms with Crippen molar-refractivity contribution < 1.29 is 13.9 Å². The Morgan fingerprint density at radius 1 is 1.13 bits per heavy atom. The molecule has 0 radical (unpaired) electrons.